The van der Waals surface area contributed by atoms with Gasteiger partial charge in [-0.05, 0) is 12.8 Å². The molecule has 0 saturated heterocycles. The monoisotopic (exact) mass is 300 g/mol. The van der Waals surface area contributed by atoms with Crippen LogP contribution in [0.1, 0.15) is 12.8 Å². The van der Waals surface area contributed by atoms with E-state index in [-0.39, 0.29) is 0 Å². The molecule has 0 unspecified atom stereocenters. The first-order chi connectivity index (χ1) is 5.45. The Kier molecular flexibility index (Phi) is 5.48. The lowest BCUT2D eigenvalue weighted by Crippen LogP contribution is -2.27. The van der Waals surface area contributed by atoms with E-state index in [2.05, 4.69) is 31.9 Å². The number of carbonyl (C=O) groups is 2. The van der Waals surface area contributed by atoms with E-state index in [1.807, 2.05) is 0 Å². The van der Waals surface area contributed by atoms with Crippen LogP contribution in [0.2, 0.25) is 0 Å². The molecule has 0 aromatic heterocycles. The molecule has 0 aliphatic heterocycles. The first kappa shape index (κ1) is 11.9. The number of hydrogen-bond acceptors (Lipinski definition) is 2. The minimum Gasteiger partial charge on any atom is -0.369 e. The van der Waals surface area contributed by atoms with E-state index in [0.717, 1.165) is 0 Å². The van der Waals surface area contributed by atoms with Crippen LogP contribution in [-0.4, -0.2) is 21.5 Å². The molecular formula is C6H10Br2N2O2. The second-order valence-corrected chi connectivity index (χ2v) is 4.53. The zero-order valence-electron chi connectivity index (χ0n) is 6.30. The van der Waals surface area contributed by atoms with Gasteiger partial charge in [0.1, 0.15) is 0 Å². The Hall–Kier alpha value is -0.100. The summed E-state index contributed by atoms with van der Waals surface area (Å²) in [4.78, 5) is 20.3. The lowest BCUT2D eigenvalue weighted by atomic mass is 10.2. The van der Waals surface area contributed by atoms with Gasteiger partial charge < -0.3 is 11.5 Å². The van der Waals surface area contributed by atoms with Crippen molar-refractivity contribution in [2.24, 2.45) is 11.5 Å². The van der Waals surface area contributed by atoms with Gasteiger partial charge in [-0.25, -0.2) is 0 Å². The molecule has 4 nitrogen and oxygen atoms in total. The van der Waals surface area contributed by atoms with Crippen molar-refractivity contribution in [1.29, 1.82) is 0 Å². The third kappa shape index (κ3) is 4.71. The second kappa shape index (κ2) is 5.53. The van der Waals surface area contributed by atoms with Crippen LogP contribution in [0.15, 0.2) is 0 Å². The summed E-state index contributed by atoms with van der Waals surface area (Å²) in [5.41, 5.74) is 9.96. The van der Waals surface area contributed by atoms with Crippen molar-refractivity contribution in [1.82, 2.24) is 0 Å². The molecule has 2 atom stereocenters. The number of amides is 2. The summed E-state index contributed by atoms with van der Waals surface area (Å²) in [5.74, 6) is -0.863. The third-order valence-corrected chi connectivity index (χ3v) is 3.11. The summed E-state index contributed by atoms with van der Waals surface area (Å²) in [6, 6.07) is 0. The minimum atomic E-state index is -0.431. The Labute approximate surface area is 87.3 Å². The van der Waals surface area contributed by atoms with Gasteiger partial charge in [-0.3, -0.25) is 9.59 Å². The predicted octanol–water partition coefficient (Wildman–Crippen LogP) is 0.264. The van der Waals surface area contributed by atoms with Crippen molar-refractivity contribution in [2.75, 3.05) is 0 Å². The van der Waals surface area contributed by atoms with Crippen LogP contribution in [0.5, 0.6) is 0 Å². The molecule has 2 amide bonds. The quantitative estimate of drug-likeness (QED) is 0.714. The van der Waals surface area contributed by atoms with Gasteiger partial charge in [0.05, 0.1) is 9.65 Å². The average molecular weight is 302 g/mol. The van der Waals surface area contributed by atoms with Gasteiger partial charge in [0, 0.05) is 0 Å². The first-order valence-corrected chi connectivity index (χ1v) is 5.15. The Morgan fingerprint density at radius 1 is 1.00 bits per heavy atom. The van der Waals surface area contributed by atoms with Crippen LogP contribution in [0.25, 0.3) is 0 Å². The maximum Gasteiger partial charge on any atom is 0.231 e. The van der Waals surface area contributed by atoms with Gasteiger partial charge in [-0.2, -0.15) is 0 Å². The molecule has 0 aromatic carbocycles. The number of carbonyl (C=O) groups excluding carboxylic acids is 2. The zero-order chi connectivity index (χ0) is 9.72. The number of halogens is 2. The first-order valence-electron chi connectivity index (χ1n) is 3.32. The Bertz CT molecular complexity index is 166. The fraction of sp³-hybridized carbons (Fsp3) is 0.667. The molecule has 0 spiro atoms. The molecule has 0 radical (unpaired) electrons. The van der Waals surface area contributed by atoms with E-state index in [4.69, 9.17) is 11.5 Å². The number of primary amides is 2. The lowest BCUT2D eigenvalue weighted by Gasteiger charge is -2.07. The highest BCUT2D eigenvalue weighted by atomic mass is 79.9. The molecular weight excluding hydrogens is 292 g/mol. The van der Waals surface area contributed by atoms with Crippen LogP contribution in [0.3, 0.4) is 0 Å². The van der Waals surface area contributed by atoms with E-state index in [0.29, 0.717) is 12.8 Å². The molecule has 0 rings (SSSR count). The van der Waals surface area contributed by atoms with Gasteiger partial charge in [0.2, 0.25) is 11.8 Å². The molecule has 70 valence electrons. The van der Waals surface area contributed by atoms with E-state index in [1.165, 1.54) is 0 Å². The van der Waals surface area contributed by atoms with E-state index in [1.54, 1.807) is 0 Å². The molecule has 0 aromatic rings. The smallest absolute Gasteiger partial charge is 0.231 e. The molecule has 0 aliphatic rings. The van der Waals surface area contributed by atoms with Gasteiger partial charge in [-0.1, -0.05) is 31.9 Å². The highest BCUT2D eigenvalue weighted by Gasteiger charge is 2.16. The Morgan fingerprint density at radius 3 is 1.42 bits per heavy atom. The fourth-order valence-electron chi connectivity index (χ4n) is 0.577. The average Bonchev–Trinajstić information content (AvgIpc) is 1.98. The summed E-state index contributed by atoms with van der Waals surface area (Å²) in [6.45, 7) is 0. The summed E-state index contributed by atoms with van der Waals surface area (Å²) in [7, 11) is 0. The van der Waals surface area contributed by atoms with E-state index >= 15 is 0 Å². The molecule has 4 N–H and O–H groups in total. The zero-order valence-corrected chi connectivity index (χ0v) is 9.47. The normalized spacial score (nSPS) is 15.2. The van der Waals surface area contributed by atoms with Crippen LogP contribution < -0.4 is 11.5 Å². The van der Waals surface area contributed by atoms with Crippen molar-refractivity contribution in [3.05, 3.63) is 0 Å². The summed E-state index contributed by atoms with van der Waals surface area (Å²) in [5, 5.41) is 0. The topological polar surface area (TPSA) is 86.2 Å². The van der Waals surface area contributed by atoms with Gasteiger partial charge in [0.25, 0.3) is 0 Å². The van der Waals surface area contributed by atoms with Crippen molar-refractivity contribution in [3.63, 3.8) is 0 Å². The fourth-order valence-corrected chi connectivity index (χ4v) is 1.11. The van der Waals surface area contributed by atoms with Crippen LogP contribution in [-0.2, 0) is 9.59 Å². The number of hydrogen-bond donors (Lipinski definition) is 2. The Morgan fingerprint density at radius 2 is 1.25 bits per heavy atom. The van der Waals surface area contributed by atoms with Gasteiger partial charge in [-0.15, -0.1) is 0 Å². The van der Waals surface area contributed by atoms with Crippen molar-refractivity contribution in [3.8, 4) is 0 Å². The van der Waals surface area contributed by atoms with Crippen LogP contribution >= 0.6 is 31.9 Å². The maximum atomic E-state index is 10.5. The number of alkyl halides is 2. The lowest BCUT2D eigenvalue weighted by molar-refractivity contribution is -0.119. The molecule has 0 heterocycles. The van der Waals surface area contributed by atoms with Gasteiger partial charge >= 0.3 is 0 Å². The van der Waals surface area contributed by atoms with Crippen molar-refractivity contribution < 1.29 is 9.59 Å². The van der Waals surface area contributed by atoms with E-state index < -0.39 is 21.5 Å². The molecule has 0 bridgehead atoms. The second-order valence-electron chi connectivity index (χ2n) is 2.32. The molecule has 12 heavy (non-hydrogen) atoms. The Balaban J connectivity index is 3.68. The van der Waals surface area contributed by atoms with Crippen LogP contribution in [0, 0.1) is 0 Å². The molecule has 0 saturated carbocycles. The van der Waals surface area contributed by atoms with Gasteiger partial charge in [0.15, 0.2) is 0 Å². The summed E-state index contributed by atoms with van der Waals surface area (Å²) < 4.78 is 0. The molecule has 0 aliphatic carbocycles. The molecule has 6 heteroatoms. The number of nitrogens with two attached hydrogens (primary N) is 2. The predicted molar refractivity (Wildman–Crippen MR) is 53.1 cm³/mol. The highest BCUT2D eigenvalue weighted by Crippen LogP contribution is 2.13. The highest BCUT2D eigenvalue weighted by molar-refractivity contribution is 9.10. The van der Waals surface area contributed by atoms with Crippen molar-refractivity contribution in [2.45, 2.75) is 22.5 Å². The van der Waals surface area contributed by atoms with Crippen molar-refractivity contribution >= 4 is 43.7 Å². The largest absolute Gasteiger partial charge is 0.369 e. The standard InChI is InChI=1S/C6H10Br2N2O2/c7-3(5(9)11)1-2-4(8)6(10)12/h3-4H,1-2H2,(H2,9,11)(H2,10,12)/t3-,4-/m0/s1. The summed E-state index contributed by atoms with van der Waals surface area (Å²) >= 11 is 6.14. The molecule has 0 fully saturated rings. The summed E-state index contributed by atoms with van der Waals surface area (Å²) in [6.07, 6.45) is 0.988. The van der Waals surface area contributed by atoms with Crippen LogP contribution in [0.4, 0.5) is 0 Å². The van der Waals surface area contributed by atoms with E-state index in [9.17, 15) is 9.59 Å². The third-order valence-electron chi connectivity index (χ3n) is 1.29. The maximum absolute atomic E-state index is 10.5. The SMILES string of the molecule is NC(=O)[C@@H](Br)CC[C@H](Br)C(N)=O. The minimum absolute atomic E-state index is 0.392. The number of rotatable bonds is 5.